The summed E-state index contributed by atoms with van der Waals surface area (Å²) in [6.07, 6.45) is 6.35. The van der Waals surface area contributed by atoms with Crippen LogP contribution in [0.2, 0.25) is 0 Å². The number of unbranched alkanes of at least 4 members (excludes halogenated alkanes) is 3. The molecular weight excluding hydrogens is 368 g/mol. The Kier molecular flexibility index (Phi) is 8.58. The van der Waals surface area contributed by atoms with Crippen LogP contribution in [0.25, 0.3) is 6.08 Å². The van der Waals surface area contributed by atoms with Crippen molar-refractivity contribution in [1.29, 1.82) is 0 Å². The zero-order valence-electron chi connectivity index (χ0n) is 15.7. The summed E-state index contributed by atoms with van der Waals surface area (Å²) in [7, 11) is 0. The van der Waals surface area contributed by atoms with Gasteiger partial charge in [0.15, 0.2) is 0 Å². The first-order valence-electron chi connectivity index (χ1n) is 9.36. The topological polar surface area (TPSA) is 161 Å². The lowest BCUT2D eigenvalue weighted by molar-refractivity contribution is -0.368. The van der Waals surface area contributed by atoms with E-state index in [2.05, 4.69) is 16.0 Å². The van der Waals surface area contributed by atoms with E-state index in [0.717, 1.165) is 36.8 Å². The van der Waals surface area contributed by atoms with Crippen molar-refractivity contribution < 1.29 is 25.5 Å². The molecule has 2 heterocycles. The lowest BCUT2D eigenvalue weighted by atomic mass is 10.2. The third kappa shape index (κ3) is 6.13. The van der Waals surface area contributed by atoms with Gasteiger partial charge in [0.05, 0.1) is 24.8 Å². The molecule has 0 saturated carbocycles. The Morgan fingerprint density at radius 1 is 1.32 bits per heavy atom. The molecule has 1 aliphatic rings. The van der Waals surface area contributed by atoms with Crippen molar-refractivity contribution in [1.82, 2.24) is 14.9 Å². The summed E-state index contributed by atoms with van der Waals surface area (Å²) in [5.41, 5.74) is 2.50. The fourth-order valence-corrected chi connectivity index (χ4v) is 2.81. The van der Waals surface area contributed by atoms with Gasteiger partial charge in [-0.2, -0.15) is 0 Å². The number of carbonyl (C=O) groups excluding carboxylic acids is 1. The summed E-state index contributed by atoms with van der Waals surface area (Å²) < 4.78 is 6.47. The van der Waals surface area contributed by atoms with E-state index in [4.69, 9.17) is 9.84 Å². The lowest BCUT2D eigenvalue weighted by Gasteiger charge is -2.14. The first kappa shape index (κ1) is 22.0. The number of aliphatic hydroxyl groups excluding tert-OH is 2. The zero-order valence-corrected chi connectivity index (χ0v) is 15.7. The van der Waals surface area contributed by atoms with E-state index in [0.29, 0.717) is 6.54 Å². The summed E-state index contributed by atoms with van der Waals surface area (Å²) in [5.74, 6) is -0.339. The van der Waals surface area contributed by atoms with Crippen LogP contribution in [-0.2, 0) is 9.53 Å². The van der Waals surface area contributed by atoms with Crippen LogP contribution in [0.1, 0.15) is 37.5 Å². The normalized spacial score (nSPS) is 22.0. The Morgan fingerprint density at radius 2 is 2.07 bits per heavy atom. The van der Waals surface area contributed by atoms with Gasteiger partial charge in [-0.25, -0.2) is 4.79 Å². The van der Waals surface area contributed by atoms with Crippen LogP contribution in [0.15, 0.2) is 21.9 Å². The highest BCUT2D eigenvalue weighted by atomic mass is 16.5. The maximum Gasteiger partial charge on any atom is 0.330 e. The van der Waals surface area contributed by atoms with Crippen LogP contribution >= 0.6 is 0 Å². The molecule has 0 unspecified atom stereocenters. The van der Waals surface area contributed by atoms with Crippen molar-refractivity contribution in [2.24, 2.45) is 0 Å². The molecule has 1 aromatic heterocycles. The average Bonchev–Trinajstić information content (AvgIpc) is 3.04. The number of carbonyl (C=O) groups is 1. The third-order valence-electron chi connectivity index (χ3n) is 4.40. The van der Waals surface area contributed by atoms with Gasteiger partial charge in [0.2, 0.25) is 5.91 Å². The molecule has 1 fully saturated rings. The van der Waals surface area contributed by atoms with Crippen molar-refractivity contribution in [2.45, 2.75) is 44.1 Å². The number of ether oxygens (including phenoxy) is 1. The maximum absolute atomic E-state index is 12.0. The second-order valence-electron chi connectivity index (χ2n) is 6.57. The van der Waals surface area contributed by atoms with E-state index < -0.39 is 36.3 Å². The monoisotopic (exact) mass is 396 g/mol. The van der Waals surface area contributed by atoms with Crippen LogP contribution in [0, 0.1) is 6.42 Å². The van der Waals surface area contributed by atoms with E-state index in [1.54, 1.807) is 0 Å². The highest BCUT2D eigenvalue weighted by molar-refractivity contribution is 5.91. The number of rotatable bonds is 10. The molecule has 0 bridgehead atoms. The van der Waals surface area contributed by atoms with Gasteiger partial charge >= 0.3 is 5.69 Å². The van der Waals surface area contributed by atoms with Gasteiger partial charge < -0.3 is 26.0 Å². The quantitative estimate of drug-likeness (QED) is 0.225. The van der Waals surface area contributed by atoms with Crippen molar-refractivity contribution in [3.05, 3.63) is 45.1 Å². The van der Waals surface area contributed by atoms with Gasteiger partial charge in [-0.1, -0.05) is 6.42 Å². The molecule has 10 heteroatoms. The molecule has 155 valence electrons. The molecule has 28 heavy (non-hydrogen) atoms. The van der Waals surface area contributed by atoms with Crippen molar-refractivity contribution in [3.8, 4) is 0 Å². The van der Waals surface area contributed by atoms with Gasteiger partial charge in [-0.05, 0) is 25.3 Å². The Labute approximate surface area is 162 Å². The predicted octanol–water partition coefficient (Wildman–Crippen LogP) is -2.08. The number of nitrogens with one attached hydrogen (secondary N) is 2. The molecule has 3 atom stereocenters. The highest BCUT2D eigenvalue weighted by Crippen LogP contribution is 2.26. The molecule has 1 radical (unpaired) electrons. The zero-order chi connectivity index (χ0) is 20.5. The number of aromatic nitrogens is 2. The first-order valence-corrected chi connectivity index (χ1v) is 9.36. The van der Waals surface area contributed by atoms with Crippen LogP contribution in [-0.4, -0.2) is 57.6 Å². The number of aliphatic hydroxyl groups is 2. The molecule has 1 saturated heterocycles. The number of amides is 1. The van der Waals surface area contributed by atoms with Crippen molar-refractivity contribution in [2.75, 3.05) is 19.7 Å². The molecule has 7 N–H and O–H groups in total. The molecule has 1 aliphatic heterocycles. The summed E-state index contributed by atoms with van der Waals surface area (Å²) in [6.45, 7) is 1.05. The lowest BCUT2D eigenvalue weighted by Crippen LogP contribution is -2.50. The number of hydrogen-bond acceptors (Lipinski definition) is 6. The first-order chi connectivity index (χ1) is 13.5. The Bertz CT molecular complexity index is 787. The Balaban J connectivity index is 1.98. The van der Waals surface area contributed by atoms with Gasteiger partial charge in [0.25, 0.3) is 5.56 Å². The van der Waals surface area contributed by atoms with Crippen molar-refractivity contribution in [3.63, 3.8) is 0 Å². The van der Waals surface area contributed by atoms with Crippen LogP contribution in [0.3, 0.4) is 0 Å². The minimum Gasteiger partial charge on any atom is -0.394 e. The molecule has 0 aliphatic carbocycles. The highest BCUT2D eigenvalue weighted by Gasteiger charge is 2.35. The second kappa shape index (κ2) is 10.9. The minimum atomic E-state index is -1.04. The van der Waals surface area contributed by atoms with Gasteiger partial charge in [-0.3, -0.25) is 19.1 Å². The standard InChI is InChI=1S/C18H27N4O6/c19-7-3-1-2-4-8-20-15(25)6-5-12-10-22(18(27)21-17(12)26)16-9-13(24)14(11-23)28-16/h5-6,9-10,13-14,16,23-24H,1-4,7-8,11,19H2,(H,20,25)(H,21,26,27)/p+1/b6-5+/t13-,14-,16-/m1/s1. The largest absolute Gasteiger partial charge is 0.394 e. The SMILES string of the molecule is [NH3+]CCCCCCNC(=O)/C=C/c1cn([C@H]2[CH][C@@H](O)[C@@H](CO)O2)c(=O)[nH]c1=O. The third-order valence-corrected chi connectivity index (χ3v) is 4.40. The van der Waals surface area contributed by atoms with E-state index in [1.165, 1.54) is 24.8 Å². The maximum atomic E-state index is 12.0. The van der Waals surface area contributed by atoms with E-state index in [1.807, 2.05) is 0 Å². The fourth-order valence-electron chi connectivity index (χ4n) is 2.81. The number of quaternary nitrogens is 1. The van der Waals surface area contributed by atoms with E-state index >= 15 is 0 Å². The van der Waals surface area contributed by atoms with Crippen LogP contribution < -0.4 is 22.3 Å². The summed E-state index contributed by atoms with van der Waals surface area (Å²) in [5, 5.41) is 21.6. The van der Waals surface area contributed by atoms with Crippen molar-refractivity contribution >= 4 is 12.0 Å². The molecule has 0 aromatic carbocycles. The molecule has 1 amide bonds. The summed E-state index contributed by atoms with van der Waals surface area (Å²) in [6, 6.07) is 0. The predicted molar refractivity (Wildman–Crippen MR) is 101 cm³/mol. The molecule has 2 rings (SSSR count). The number of aromatic amines is 1. The fraction of sp³-hybridized carbons (Fsp3) is 0.556. The Morgan fingerprint density at radius 3 is 2.75 bits per heavy atom. The van der Waals surface area contributed by atoms with Crippen LogP contribution in [0.5, 0.6) is 0 Å². The Hall–Kier alpha value is -2.27. The summed E-state index contributed by atoms with van der Waals surface area (Å²) in [4.78, 5) is 38.0. The molecule has 0 spiro atoms. The number of nitrogens with zero attached hydrogens (tertiary/aromatic N) is 1. The number of H-pyrrole nitrogens is 1. The van der Waals surface area contributed by atoms with Gasteiger partial charge in [0, 0.05) is 25.2 Å². The van der Waals surface area contributed by atoms with E-state index in [9.17, 15) is 19.5 Å². The average molecular weight is 396 g/mol. The van der Waals surface area contributed by atoms with Gasteiger partial charge in [-0.15, -0.1) is 0 Å². The van der Waals surface area contributed by atoms with Gasteiger partial charge in [0.1, 0.15) is 12.3 Å². The molecule has 10 nitrogen and oxygen atoms in total. The second-order valence-corrected chi connectivity index (χ2v) is 6.57. The summed E-state index contributed by atoms with van der Waals surface area (Å²) >= 11 is 0. The molecule has 1 aromatic rings. The number of hydrogen-bond donors (Lipinski definition) is 5. The molecular formula is C18H28N4O6+. The van der Waals surface area contributed by atoms with Crippen LogP contribution in [0.4, 0.5) is 0 Å². The van der Waals surface area contributed by atoms with E-state index in [-0.39, 0.29) is 11.5 Å². The minimum absolute atomic E-state index is 0.0872. The smallest absolute Gasteiger partial charge is 0.330 e.